The van der Waals surface area contributed by atoms with E-state index in [-0.39, 0.29) is 28.9 Å². The molecule has 1 aromatic heterocycles. The van der Waals surface area contributed by atoms with Crippen LogP contribution < -0.4 is 14.8 Å². The van der Waals surface area contributed by atoms with E-state index >= 15 is 0 Å². The lowest BCUT2D eigenvalue weighted by atomic mass is 9.83. The lowest BCUT2D eigenvalue weighted by molar-refractivity contribution is -0.152. The van der Waals surface area contributed by atoms with Crippen molar-refractivity contribution in [2.45, 2.75) is 59.6 Å². The molecule has 1 heterocycles. The van der Waals surface area contributed by atoms with Crippen molar-refractivity contribution in [1.29, 1.82) is 0 Å². The van der Waals surface area contributed by atoms with Crippen LogP contribution in [0.5, 0.6) is 11.5 Å². The third-order valence-corrected chi connectivity index (χ3v) is 5.51. The highest BCUT2D eigenvalue weighted by molar-refractivity contribution is 5.98. The Morgan fingerprint density at radius 3 is 2.39 bits per heavy atom. The van der Waals surface area contributed by atoms with Crippen molar-refractivity contribution in [3.8, 4) is 11.5 Å². The number of hydrogen-bond acceptors (Lipinski definition) is 8. The van der Waals surface area contributed by atoms with Gasteiger partial charge in [0.2, 0.25) is 6.79 Å². The Kier molecular flexibility index (Phi) is 10.2. The van der Waals surface area contributed by atoms with Crippen molar-refractivity contribution in [2.75, 3.05) is 13.9 Å². The van der Waals surface area contributed by atoms with Crippen LogP contribution in [0.25, 0.3) is 0 Å². The van der Waals surface area contributed by atoms with Crippen LogP contribution in [0.1, 0.15) is 62.2 Å². The SMILES string of the molecule is COc1ccnc(C(=O)N[C@@H](C)C(=O)O[C@@H](C)[C@H](c2ccc(C)cc2F)C(C)C)c1OCOC(C)=O. The molecule has 196 valence electrons. The van der Waals surface area contributed by atoms with Gasteiger partial charge in [-0.3, -0.25) is 9.59 Å². The Balaban J connectivity index is 2.14. The van der Waals surface area contributed by atoms with Crippen LogP contribution in [0.15, 0.2) is 30.5 Å². The van der Waals surface area contributed by atoms with E-state index in [0.717, 1.165) is 5.56 Å². The number of rotatable bonds is 11. The van der Waals surface area contributed by atoms with Crippen LogP contribution in [0.3, 0.4) is 0 Å². The monoisotopic (exact) mass is 504 g/mol. The minimum Gasteiger partial charge on any atom is -0.493 e. The summed E-state index contributed by atoms with van der Waals surface area (Å²) in [6.45, 7) is 9.55. The molecular weight excluding hydrogens is 471 g/mol. The predicted molar refractivity (Wildman–Crippen MR) is 129 cm³/mol. The highest BCUT2D eigenvalue weighted by atomic mass is 19.1. The molecule has 10 heteroatoms. The standard InChI is InChI=1S/C26H33FN2O7/c1-14(2)22(19-9-8-15(3)12-20(19)27)17(5)36-26(32)16(4)29-25(31)23-24(35-13-34-18(6)30)21(33-7)10-11-28-23/h8-12,14,16-17,22H,13H2,1-7H3,(H,29,31)/t16-,17-,22+/m0/s1. The fraction of sp³-hybridized carbons (Fsp3) is 0.462. The number of amides is 1. The Bertz CT molecular complexity index is 1090. The Morgan fingerprint density at radius 1 is 1.11 bits per heavy atom. The molecule has 0 bridgehead atoms. The number of esters is 2. The molecular formula is C26H33FN2O7. The zero-order chi connectivity index (χ0) is 27.0. The van der Waals surface area contributed by atoms with Crippen molar-refractivity contribution in [3.63, 3.8) is 0 Å². The number of benzene rings is 1. The number of carbonyl (C=O) groups excluding carboxylic acids is 3. The lowest BCUT2D eigenvalue weighted by Gasteiger charge is -2.29. The fourth-order valence-corrected chi connectivity index (χ4v) is 3.80. The van der Waals surface area contributed by atoms with E-state index in [1.807, 2.05) is 19.9 Å². The summed E-state index contributed by atoms with van der Waals surface area (Å²) < 4.78 is 35.6. The van der Waals surface area contributed by atoms with Gasteiger partial charge >= 0.3 is 11.9 Å². The number of hydrogen-bond donors (Lipinski definition) is 1. The second-order valence-corrected chi connectivity index (χ2v) is 8.72. The molecule has 1 aromatic carbocycles. The Labute approximate surface area is 210 Å². The minimum absolute atomic E-state index is 0.0205. The number of aromatic nitrogens is 1. The molecule has 36 heavy (non-hydrogen) atoms. The van der Waals surface area contributed by atoms with Crippen molar-refractivity contribution in [1.82, 2.24) is 10.3 Å². The maximum absolute atomic E-state index is 14.7. The number of ether oxygens (including phenoxy) is 4. The largest absolute Gasteiger partial charge is 0.493 e. The minimum atomic E-state index is -1.05. The molecule has 0 aliphatic heterocycles. The molecule has 2 rings (SSSR count). The Hall–Kier alpha value is -3.69. The van der Waals surface area contributed by atoms with Gasteiger partial charge in [-0.15, -0.1) is 0 Å². The topological polar surface area (TPSA) is 113 Å². The quantitative estimate of drug-likeness (QED) is 0.362. The van der Waals surface area contributed by atoms with E-state index in [9.17, 15) is 18.8 Å². The molecule has 0 fully saturated rings. The van der Waals surface area contributed by atoms with Crippen LogP contribution in [0.2, 0.25) is 0 Å². The van der Waals surface area contributed by atoms with Crippen LogP contribution >= 0.6 is 0 Å². The summed E-state index contributed by atoms with van der Waals surface area (Å²) in [4.78, 5) is 40.7. The highest BCUT2D eigenvalue weighted by Gasteiger charge is 2.31. The van der Waals surface area contributed by atoms with Crippen LogP contribution in [0, 0.1) is 18.7 Å². The smallest absolute Gasteiger partial charge is 0.328 e. The first-order valence-corrected chi connectivity index (χ1v) is 11.5. The third kappa shape index (κ3) is 7.40. The molecule has 0 aliphatic rings. The van der Waals surface area contributed by atoms with Gasteiger partial charge in [0.25, 0.3) is 5.91 Å². The van der Waals surface area contributed by atoms with Gasteiger partial charge in [0.05, 0.1) is 7.11 Å². The number of pyridine rings is 1. The first-order chi connectivity index (χ1) is 17.0. The van der Waals surface area contributed by atoms with E-state index in [0.29, 0.717) is 5.56 Å². The molecule has 0 spiro atoms. The fourth-order valence-electron chi connectivity index (χ4n) is 3.80. The van der Waals surface area contributed by atoms with Gasteiger partial charge in [-0.1, -0.05) is 26.0 Å². The molecule has 3 atom stereocenters. The summed E-state index contributed by atoms with van der Waals surface area (Å²) in [5.41, 5.74) is 1.08. The number of halogens is 1. The van der Waals surface area contributed by atoms with Crippen LogP contribution in [-0.2, 0) is 19.1 Å². The van der Waals surface area contributed by atoms with E-state index in [1.54, 1.807) is 19.9 Å². The average molecular weight is 505 g/mol. The van der Waals surface area contributed by atoms with Crippen LogP contribution in [0.4, 0.5) is 4.39 Å². The van der Waals surface area contributed by atoms with Gasteiger partial charge in [0, 0.05) is 25.1 Å². The van der Waals surface area contributed by atoms with E-state index in [1.165, 1.54) is 39.3 Å². The van der Waals surface area contributed by atoms with Gasteiger partial charge in [-0.25, -0.2) is 14.2 Å². The van der Waals surface area contributed by atoms with Gasteiger partial charge < -0.3 is 24.3 Å². The van der Waals surface area contributed by atoms with Gasteiger partial charge in [0.1, 0.15) is 18.0 Å². The number of aryl methyl sites for hydroxylation is 1. The summed E-state index contributed by atoms with van der Waals surface area (Å²) >= 11 is 0. The summed E-state index contributed by atoms with van der Waals surface area (Å²) in [7, 11) is 1.37. The molecule has 1 amide bonds. The zero-order valence-electron chi connectivity index (χ0n) is 21.6. The summed E-state index contributed by atoms with van der Waals surface area (Å²) in [6.07, 6.45) is 0.674. The van der Waals surface area contributed by atoms with Gasteiger partial charge in [-0.2, -0.15) is 0 Å². The number of nitrogens with zero attached hydrogens (tertiary/aromatic N) is 1. The average Bonchev–Trinajstić information content (AvgIpc) is 2.80. The number of carbonyl (C=O) groups is 3. The number of methoxy groups -OCH3 is 1. The van der Waals surface area contributed by atoms with E-state index < -0.39 is 42.7 Å². The maximum Gasteiger partial charge on any atom is 0.328 e. The summed E-state index contributed by atoms with van der Waals surface area (Å²) in [5.74, 6) is -2.63. The van der Waals surface area contributed by atoms with Crippen LogP contribution in [-0.4, -0.2) is 48.9 Å². The van der Waals surface area contributed by atoms with Crippen molar-refractivity contribution >= 4 is 17.8 Å². The third-order valence-electron chi connectivity index (χ3n) is 5.51. The van der Waals surface area contributed by atoms with Crippen molar-refractivity contribution < 1.29 is 37.7 Å². The van der Waals surface area contributed by atoms with Gasteiger partial charge in [-0.05, 0) is 43.9 Å². The van der Waals surface area contributed by atoms with Crippen molar-refractivity contribution in [3.05, 3.63) is 53.1 Å². The molecule has 0 unspecified atom stereocenters. The molecule has 0 radical (unpaired) electrons. The molecule has 9 nitrogen and oxygen atoms in total. The Morgan fingerprint density at radius 2 is 1.81 bits per heavy atom. The van der Waals surface area contributed by atoms with E-state index in [4.69, 9.17) is 18.9 Å². The van der Waals surface area contributed by atoms with Crippen molar-refractivity contribution in [2.24, 2.45) is 5.92 Å². The van der Waals surface area contributed by atoms with Gasteiger partial charge in [0.15, 0.2) is 17.2 Å². The maximum atomic E-state index is 14.7. The first-order valence-electron chi connectivity index (χ1n) is 11.5. The second kappa shape index (κ2) is 12.9. The van der Waals surface area contributed by atoms with E-state index in [2.05, 4.69) is 10.3 Å². The first kappa shape index (κ1) is 28.5. The second-order valence-electron chi connectivity index (χ2n) is 8.72. The summed E-state index contributed by atoms with van der Waals surface area (Å²) in [6, 6.07) is 5.38. The molecule has 2 aromatic rings. The number of nitrogens with one attached hydrogen (secondary N) is 1. The predicted octanol–water partition coefficient (Wildman–Crippen LogP) is 3.93. The molecule has 0 saturated carbocycles. The summed E-state index contributed by atoms with van der Waals surface area (Å²) in [5, 5.41) is 2.53. The molecule has 0 saturated heterocycles. The molecule has 0 aliphatic carbocycles. The lowest BCUT2D eigenvalue weighted by Crippen LogP contribution is -2.42. The zero-order valence-corrected chi connectivity index (χ0v) is 21.6. The normalized spacial score (nSPS) is 13.4. The highest BCUT2D eigenvalue weighted by Crippen LogP contribution is 2.32. The molecule has 1 N–H and O–H groups in total.